The van der Waals surface area contributed by atoms with E-state index in [0.29, 0.717) is 31.6 Å². The first kappa shape index (κ1) is 86.1. The predicted molar refractivity (Wildman–Crippen MR) is 354 cm³/mol. The normalized spacial score (nSPS) is 14.2. The summed E-state index contributed by atoms with van der Waals surface area (Å²) in [5.74, 6) is -0.688. The quantitative estimate of drug-likeness (QED) is 0.0222. The first-order valence-corrected chi connectivity index (χ1v) is 39.0. The van der Waals surface area contributed by atoms with Gasteiger partial charge < -0.3 is 33.8 Å². The van der Waals surface area contributed by atoms with Crippen LogP contribution >= 0.6 is 15.6 Å². The standard InChI is InChI=1S/C69H134O17P2/c1-7-9-11-13-15-17-19-20-21-22-24-30-34-42-48-54-69(74)85-64(57-79-66(71)51-45-39-32-28-26-25-27-31-37-43-49-61(3)4)59-83-87(75,76)81-55-63(70)56-82-88(77,78)84-60-65(58-80-67(72)52-46-40-36-35-38-44-50-62(5)6)86-68(73)53-47-41-33-29-23-18-16-14-12-10-8-2/h61-65,70H,7-60H2,1-6H3,(H,75,76)(H,77,78)/t63-,64-,65-/m1/s1. The lowest BCUT2D eigenvalue weighted by atomic mass is 10.0. The van der Waals surface area contributed by atoms with Crippen LogP contribution in [0.25, 0.3) is 0 Å². The lowest BCUT2D eigenvalue weighted by Crippen LogP contribution is -2.30. The molecule has 0 saturated carbocycles. The van der Waals surface area contributed by atoms with Gasteiger partial charge in [0.15, 0.2) is 12.2 Å². The van der Waals surface area contributed by atoms with E-state index in [4.69, 9.17) is 37.0 Å². The zero-order valence-corrected chi connectivity index (χ0v) is 58.8. The monoisotopic (exact) mass is 1300 g/mol. The van der Waals surface area contributed by atoms with Crippen LogP contribution in [0.4, 0.5) is 0 Å². The fraction of sp³-hybridized carbons (Fsp3) is 0.942. The summed E-state index contributed by atoms with van der Waals surface area (Å²) in [6, 6.07) is 0. The number of rotatable bonds is 68. The molecule has 17 nitrogen and oxygen atoms in total. The van der Waals surface area contributed by atoms with Crippen molar-refractivity contribution in [3.8, 4) is 0 Å². The number of esters is 4. The topological polar surface area (TPSA) is 237 Å². The van der Waals surface area contributed by atoms with Crippen molar-refractivity contribution in [2.75, 3.05) is 39.6 Å². The van der Waals surface area contributed by atoms with Crippen molar-refractivity contribution >= 4 is 39.5 Å². The molecule has 0 heterocycles. The van der Waals surface area contributed by atoms with Crippen molar-refractivity contribution in [2.45, 2.75) is 368 Å². The van der Waals surface area contributed by atoms with E-state index in [-0.39, 0.29) is 25.7 Å². The van der Waals surface area contributed by atoms with Crippen LogP contribution in [0, 0.1) is 11.8 Å². The molecule has 0 radical (unpaired) electrons. The number of phosphoric ester groups is 2. The molecule has 0 spiro atoms. The number of carbonyl (C=O) groups is 4. The Morgan fingerprint density at radius 2 is 0.523 bits per heavy atom. The molecule has 5 atom stereocenters. The Bertz CT molecular complexity index is 1720. The Morgan fingerprint density at radius 3 is 0.773 bits per heavy atom. The highest BCUT2D eigenvalue weighted by molar-refractivity contribution is 7.47. The van der Waals surface area contributed by atoms with Crippen molar-refractivity contribution in [1.29, 1.82) is 0 Å². The van der Waals surface area contributed by atoms with Gasteiger partial charge in [0.05, 0.1) is 26.4 Å². The molecule has 0 aromatic rings. The summed E-state index contributed by atoms with van der Waals surface area (Å²) < 4.78 is 68.2. The highest BCUT2D eigenvalue weighted by Gasteiger charge is 2.30. The Kier molecular flexibility index (Phi) is 59.9. The zero-order valence-electron chi connectivity index (χ0n) is 57.0. The first-order chi connectivity index (χ1) is 42.4. The van der Waals surface area contributed by atoms with Gasteiger partial charge in [-0.05, 0) is 37.5 Å². The Hall–Kier alpha value is -1.94. The summed E-state index contributed by atoms with van der Waals surface area (Å²) in [7, 11) is -9.90. The summed E-state index contributed by atoms with van der Waals surface area (Å²) in [5.41, 5.74) is 0. The van der Waals surface area contributed by atoms with Gasteiger partial charge in [0.25, 0.3) is 0 Å². The summed E-state index contributed by atoms with van der Waals surface area (Å²) >= 11 is 0. The summed E-state index contributed by atoms with van der Waals surface area (Å²) in [6.07, 6.45) is 45.9. The average molecular weight is 1300 g/mol. The van der Waals surface area contributed by atoms with E-state index in [0.717, 1.165) is 102 Å². The van der Waals surface area contributed by atoms with Crippen molar-refractivity contribution in [3.63, 3.8) is 0 Å². The third-order valence-electron chi connectivity index (χ3n) is 16.0. The SMILES string of the molecule is CCCCCCCCCCCCCCCCCC(=O)O[C@H](COC(=O)CCCCCCCCCCCCC(C)C)COP(=O)(O)OC[C@@H](O)COP(=O)(O)OC[C@@H](COC(=O)CCCCCCCCC(C)C)OC(=O)CCCCCCCCCCCCC. The molecule has 2 unspecified atom stereocenters. The number of hydrogen-bond acceptors (Lipinski definition) is 15. The lowest BCUT2D eigenvalue weighted by molar-refractivity contribution is -0.161. The molecule has 0 aliphatic rings. The van der Waals surface area contributed by atoms with Gasteiger partial charge in [0.1, 0.15) is 19.3 Å². The van der Waals surface area contributed by atoms with E-state index in [1.165, 1.54) is 161 Å². The number of carbonyl (C=O) groups excluding carboxylic acids is 4. The molecule has 522 valence electrons. The van der Waals surface area contributed by atoms with Gasteiger partial charge in [-0.1, -0.05) is 298 Å². The molecule has 3 N–H and O–H groups in total. The highest BCUT2D eigenvalue weighted by atomic mass is 31.2. The van der Waals surface area contributed by atoms with Gasteiger partial charge in [0.2, 0.25) is 0 Å². The molecule has 0 saturated heterocycles. The molecule has 88 heavy (non-hydrogen) atoms. The number of hydrogen-bond donors (Lipinski definition) is 3. The second-order valence-electron chi connectivity index (χ2n) is 25.9. The number of aliphatic hydroxyl groups excluding tert-OH is 1. The van der Waals surface area contributed by atoms with Crippen LogP contribution < -0.4 is 0 Å². The predicted octanol–water partition coefficient (Wildman–Crippen LogP) is 19.6. The van der Waals surface area contributed by atoms with E-state index in [1.807, 2.05) is 0 Å². The van der Waals surface area contributed by atoms with E-state index in [2.05, 4.69) is 41.5 Å². The number of phosphoric acid groups is 2. The van der Waals surface area contributed by atoms with E-state index in [1.54, 1.807) is 0 Å². The van der Waals surface area contributed by atoms with Crippen LogP contribution in [0.5, 0.6) is 0 Å². The first-order valence-electron chi connectivity index (χ1n) is 36.0. The maximum Gasteiger partial charge on any atom is 0.472 e. The minimum Gasteiger partial charge on any atom is -0.462 e. The fourth-order valence-electron chi connectivity index (χ4n) is 10.4. The third kappa shape index (κ3) is 62.8. The van der Waals surface area contributed by atoms with Gasteiger partial charge >= 0.3 is 39.5 Å². The van der Waals surface area contributed by atoms with Gasteiger partial charge in [-0.25, -0.2) is 9.13 Å². The molecule has 0 bridgehead atoms. The van der Waals surface area contributed by atoms with Crippen molar-refractivity contribution in [3.05, 3.63) is 0 Å². The van der Waals surface area contributed by atoms with Gasteiger partial charge in [-0.2, -0.15) is 0 Å². The van der Waals surface area contributed by atoms with Crippen LogP contribution in [0.3, 0.4) is 0 Å². The average Bonchev–Trinajstić information content (AvgIpc) is 3.64. The van der Waals surface area contributed by atoms with Crippen molar-refractivity contribution < 1.29 is 80.2 Å². The van der Waals surface area contributed by atoms with Crippen LogP contribution in [-0.4, -0.2) is 96.7 Å². The molecular formula is C69H134O17P2. The van der Waals surface area contributed by atoms with Crippen LogP contribution in [-0.2, 0) is 65.4 Å². The molecule has 0 aliphatic carbocycles. The second kappa shape index (κ2) is 61.3. The number of unbranched alkanes of at least 4 members (excludes halogenated alkanes) is 38. The van der Waals surface area contributed by atoms with Gasteiger partial charge in [0, 0.05) is 25.7 Å². The van der Waals surface area contributed by atoms with Gasteiger partial charge in [-0.15, -0.1) is 0 Å². The third-order valence-corrected chi connectivity index (χ3v) is 17.9. The maximum atomic E-state index is 13.0. The molecule has 0 fully saturated rings. The highest BCUT2D eigenvalue weighted by Crippen LogP contribution is 2.45. The van der Waals surface area contributed by atoms with E-state index in [9.17, 15) is 43.2 Å². The molecule has 19 heteroatoms. The van der Waals surface area contributed by atoms with Crippen LogP contribution in [0.15, 0.2) is 0 Å². The van der Waals surface area contributed by atoms with E-state index < -0.39 is 97.5 Å². The Balaban J connectivity index is 5.24. The smallest absolute Gasteiger partial charge is 0.462 e. The van der Waals surface area contributed by atoms with Crippen LogP contribution in [0.1, 0.15) is 350 Å². The van der Waals surface area contributed by atoms with Crippen LogP contribution in [0.2, 0.25) is 0 Å². The summed E-state index contributed by atoms with van der Waals surface area (Å²) in [6.45, 7) is 9.45. The summed E-state index contributed by atoms with van der Waals surface area (Å²) in [4.78, 5) is 72.4. The summed E-state index contributed by atoms with van der Waals surface area (Å²) in [5, 5.41) is 10.6. The van der Waals surface area contributed by atoms with Crippen molar-refractivity contribution in [2.24, 2.45) is 11.8 Å². The molecule has 0 aliphatic heterocycles. The molecule has 0 rings (SSSR count). The second-order valence-corrected chi connectivity index (χ2v) is 28.8. The zero-order chi connectivity index (χ0) is 65.0. The van der Waals surface area contributed by atoms with Gasteiger partial charge in [-0.3, -0.25) is 37.3 Å². The fourth-order valence-corrected chi connectivity index (χ4v) is 12.0. The Labute approximate surface area is 537 Å². The molecular weight excluding hydrogens is 1160 g/mol. The number of ether oxygens (including phenoxy) is 4. The maximum absolute atomic E-state index is 13.0. The minimum atomic E-state index is -4.95. The molecule has 0 amide bonds. The molecule has 0 aromatic heterocycles. The van der Waals surface area contributed by atoms with Crippen molar-refractivity contribution in [1.82, 2.24) is 0 Å². The number of aliphatic hydroxyl groups is 1. The van der Waals surface area contributed by atoms with E-state index >= 15 is 0 Å². The lowest BCUT2D eigenvalue weighted by Gasteiger charge is -2.21. The minimum absolute atomic E-state index is 0.106. The Morgan fingerprint density at radius 1 is 0.307 bits per heavy atom. The molecule has 0 aromatic carbocycles. The largest absolute Gasteiger partial charge is 0.472 e.